The number of para-hydroxylation sites is 2. The van der Waals surface area contributed by atoms with Crippen LogP contribution in [0.2, 0.25) is 0 Å². The molecule has 1 aromatic heterocycles. The summed E-state index contributed by atoms with van der Waals surface area (Å²) in [6, 6.07) is 23.4. The highest BCUT2D eigenvalue weighted by atomic mass is 16.5. The molecule has 0 spiro atoms. The Balaban J connectivity index is 1.66. The molecule has 0 bridgehead atoms. The molecule has 0 fully saturated rings. The Bertz CT molecular complexity index is 1180. The van der Waals surface area contributed by atoms with Crippen molar-refractivity contribution in [3.05, 3.63) is 95.7 Å². The normalized spacial score (nSPS) is 11.8. The zero-order chi connectivity index (χ0) is 21.8. The molecule has 0 saturated carbocycles. The van der Waals surface area contributed by atoms with Crippen molar-refractivity contribution in [2.45, 2.75) is 13.0 Å². The molecule has 1 heterocycles. The van der Waals surface area contributed by atoms with Gasteiger partial charge in [0.15, 0.2) is 6.61 Å². The van der Waals surface area contributed by atoms with Gasteiger partial charge in [-0.2, -0.15) is 0 Å². The third-order valence-corrected chi connectivity index (χ3v) is 5.57. The summed E-state index contributed by atoms with van der Waals surface area (Å²) in [6.45, 7) is 1.94. The van der Waals surface area contributed by atoms with E-state index in [9.17, 15) is 4.79 Å². The Morgan fingerprint density at radius 3 is 2.45 bits per heavy atom. The molecule has 0 aliphatic carbocycles. The highest BCUT2D eigenvalue weighted by Gasteiger charge is 2.26. The van der Waals surface area contributed by atoms with E-state index in [-0.39, 0.29) is 18.6 Å². The van der Waals surface area contributed by atoms with Gasteiger partial charge in [-0.05, 0) is 42.3 Å². The molecule has 0 saturated heterocycles. The average Bonchev–Trinajstić information content (AvgIpc) is 3.23. The first kappa shape index (κ1) is 20.5. The molecule has 3 aromatic carbocycles. The van der Waals surface area contributed by atoms with E-state index in [0.29, 0.717) is 0 Å². The standard InChI is InChI=1S/C26H26N2O3/c1-18-8-4-7-11-24(18)31-17-25(29)28(2)26(19-12-14-20(30-3)15-13-19)22-16-27-23-10-6-5-9-21(22)23/h4-16,26-27H,17H2,1-3H3/t26-/m0/s1. The molecule has 1 amide bonds. The van der Waals surface area contributed by atoms with Gasteiger partial charge >= 0.3 is 0 Å². The van der Waals surface area contributed by atoms with Crippen LogP contribution in [-0.4, -0.2) is 36.6 Å². The zero-order valence-corrected chi connectivity index (χ0v) is 18.0. The lowest BCUT2D eigenvalue weighted by Crippen LogP contribution is -2.35. The highest BCUT2D eigenvalue weighted by molar-refractivity contribution is 5.85. The summed E-state index contributed by atoms with van der Waals surface area (Å²) in [7, 11) is 3.46. The molecule has 4 rings (SSSR count). The lowest BCUT2D eigenvalue weighted by Gasteiger charge is -2.29. The number of hydrogen-bond acceptors (Lipinski definition) is 3. The van der Waals surface area contributed by atoms with Gasteiger partial charge in [-0.15, -0.1) is 0 Å². The first-order chi connectivity index (χ1) is 15.1. The number of carbonyl (C=O) groups is 1. The largest absolute Gasteiger partial charge is 0.497 e. The van der Waals surface area contributed by atoms with Crippen molar-refractivity contribution < 1.29 is 14.3 Å². The quantitative estimate of drug-likeness (QED) is 0.457. The highest BCUT2D eigenvalue weighted by Crippen LogP contribution is 2.34. The van der Waals surface area contributed by atoms with Crippen molar-refractivity contribution in [3.63, 3.8) is 0 Å². The number of amides is 1. The summed E-state index contributed by atoms with van der Waals surface area (Å²) >= 11 is 0. The molecule has 158 valence electrons. The second kappa shape index (κ2) is 8.96. The van der Waals surface area contributed by atoms with Gasteiger partial charge in [-0.1, -0.05) is 48.5 Å². The van der Waals surface area contributed by atoms with Crippen LogP contribution in [0.4, 0.5) is 0 Å². The Morgan fingerprint density at radius 2 is 1.71 bits per heavy atom. The summed E-state index contributed by atoms with van der Waals surface area (Å²) < 4.78 is 11.1. The molecule has 5 heteroatoms. The number of H-pyrrole nitrogens is 1. The van der Waals surface area contributed by atoms with E-state index < -0.39 is 0 Å². The first-order valence-corrected chi connectivity index (χ1v) is 10.2. The topological polar surface area (TPSA) is 54.6 Å². The Hall–Kier alpha value is -3.73. The molecule has 1 atom stereocenters. The fraction of sp³-hybridized carbons (Fsp3) is 0.192. The van der Waals surface area contributed by atoms with E-state index in [1.807, 2.05) is 86.9 Å². The Kier molecular flexibility index (Phi) is 5.94. The van der Waals surface area contributed by atoms with E-state index >= 15 is 0 Å². The number of methoxy groups -OCH3 is 1. The molecule has 0 unspecified atom stereocenters. The van der Waals surface area contributed by atoms with Crippen molar-refractivity contribution >= 4 is 16.8 Å². The van der Waals surface area contributed by atoms with Crippen LogP contribution in [0.25, 0.3) is 10.9 Å². The van der Waals surface area contributed by atoms with Crippen LogP contribution < -0.4 is 9.47 Å². The summed E-state index contributed by atoms with van der Waals surface area (Å²) in [6.07, 6.45) is 1.98. The van der Waals surface area contributed by atoms with Gasteiger partial charge < -0.3 is 19.4 Å². The second-order valence-corrected chi connectivity index (χ2v) is 7.52. The molecule has 0 radical (unpaired) electrons. The summed E-state index contributed by atoms with van der Waals surface area (Å²) in [5.41, 5.74) is 4.07. The van der Waals surface area contributed by atoms with Crippen molar-refractivity contribution in [1.82, 2.24) is 9.88 Å². The minimum Gasteiger partial charge on any atom is -0.497 e. The smallest absolute Gasteiger partial charge is 0.261 e. The molecule has 31 heavy (non-hydrogen) atoms. The van der Waals surface area contributed by atoms with Gasteiger partial charge in [0, 0.05) is 29.7 Å². The van der Waals surface area contributed by atoms with Crippen LogP contribution in [0.3, 0.4) is 0 Å². The van der Waals surface area contributed by atoms with Crippen molar-refractivity contribution in [3.8, 4) is 11.5 Å². The van der Waals surface area contributed by atoms with Crippen LogP contribution in [-0.2, 0) is 4.79 Å². The molecule has 0 aliphatic heterocycles. The Morgan fingerprint density at radius 1 is 1.00 bits per heavy atom. The summed E-state index contributed by atoms with van der Waals surface area (Å²) in [5.74, 6) is 1.39. The third kappa shape index (κ3) is 4.26. The SMILES string of the molecule is COc1ccc([C@@H](c2c[nH]c3ccccc23)N(C)C(=O)COc2ccccc2C)cc1. The molecule has 5 nitrogen and oxygen atoms in total. The second-order valence-electron chi connectivity index (χ2n) is 7.52. The van der Waals surface area contributed by atoms with E-state index in [2.05, 4.69) is 11.1 Å². The Labute approximate surface area is 182 Å². The molecular weight excluding hydrogens is 388 g/mol. The number of fused-ring (bicyclic) bond motifs is 1. The van der Waals surface area contributed by atoms with Crippen LogP contribution >= 0.6 is 0 Å². The number of aromatic amines is 1. The van der Waals surface area contributed by atoms with Crippen LogP contribution in [0.15, 0.2) is 79.0 Å². The number of likely N-dealkylation sites (N-methyl/N-ethyl adjacent to an activating group) is 1. The third-order valence-electron chi connectivity index (χ3n) is 5.57. The van der Waals surface area contributed by atoms with Gasteiger partial charge in [-0.3, -0.25) is 4.79 Å². The van der Waals surface area contributed by atoms with Crippen LogP contribution in [0.5, 0.6) is 11.5 Å². The van der Waals surface area contributed by atoms with Crippen molar-refractivity contribution in [2.24, 2.45) is 0 Å². The number of hydrogen-bond donors (Lipinski definition) is 1. The minimum atomic E-state index is -0.268. The summed E-state index contributed by atoms with van der Waals surface area (Å²) in [4.78, 5) is 18.2. The zero-order valence-electron chi connectivity index (χ0n) is 18.0. The number of rotatable bonds is 7. The van der Waals surface area contributed by atoms with Crippen molar-refractivity contribution in [1.29, 1.82) is 0 Å². The van der Waals surface area contributed by atoms with E-state index in [4.69, 9.17) is 9.47 Å². The molecule has 1 N–H and O–H groups in total. The number of nitrogens with one attached hydrogen (secondary N) is 1. The number of nitrogens with zero attached hydrogens (tertiary/aromatic N) is 1. The maximum Gasteiger partial charge on any atom is 0.261 e. The van der Waals surface area contributed by atoms with E-state index in [0.717, 1.165) is 39.1 Å². The molecular formula is C26H26N2O3. The maximum absolute atomic E-state index is 13.2. The maximum atomic E-state index is 13.2. The number of carbonyl (C=O) groups excluding carboxylic acids is 1. The van der Waals surface area contributed by atoms with Gasteiger partial charge in [0.1, 0.15) is 11.5 Å². The monoisotopic (exact) mass is 414 g/mol. The minimum absolute atomic E-state index is 0.0314. The molecule has 0 aliphatic rings. The number of aryl methyl sites for hydroxylation is 1. The lowest BCUT2D eigenvalue weighted by atomic mass is 9.96. The van der Waals surface area contributed by atoms with Gasteiger partial charge in [0.25, 0.3) is 5.91 Å². The lowest BCUT2D eigenvalue weighted by molar-refractivity contribution is -0.133. The van der Waals surface area contributed by atoms with Gasteiger partial charge in [0.05, 0.1) is 13.2 Å². The van der Waals surface area contributed by atoms with Crippen LogP contribution in [0.1, 0.15) is 22.7 Å². The molecule has 4 aromatic rings. The number of ether oxygens (including phenoxy) is 2. The van der Waals surface area contributed by atoms with E-state index in [1.165, 1.54) is 0 Å². The van der Waals surface area contributed by atoms with Crippen LogP contribution in [0, 0.1) is 6.92 Å². The summed E-state index contributed by atoms with van der Waals surface area (Å²) in [5, 5.41) is 1.09. The number of benzene rings is 3. The van der Waals surface area contributed by atoms with Gasteiger partial charge in [-0.25, -0.2) is 0 Å². The van der Waals surface area contributed by atoms with Crippen molar-refractivity contribution in [2.75, 3.05) is 20.8 Å². The number of aromatic nitrogens is 1. The van der Waals surface area contributed by atoms with E-state index in [1.54, 1.807) is 12.0 Å². The predicted molar refractivity (Wildman–Crippen MR) is 123 cm³/mol. The fourth-order valence-electron chi connectivity index (χ4n) is 3.82. The first-order valence-electron chi connectivity index (χ1n) is 10.2. The predicted octanol–water partition coefficient (Wildman–Crippen LogP) is 5.11. The fourth-order valence-corrected chi connectivity index (χ4v) is 3.82. The average molecular weight is 415 g/mol. The van der Waals surface area contributed by atoms with Gasteiger partial charge in [0.2, 0.25) is 0 Å².